The number of ether oxygens (including phenoxy) is 1. The number of hydrogen-bond donors (Lipinski definition) is 1. The summed E-state index contributed by atoms with van der Waals surface area (Å²) in [7, 11) is 0. The summed E-state index contributed by atoms with van der Waals surface area (Å²) in [6.45, 7) is -2.94. The maximum absolute atomic E-state index is 12.7. The molecule has 7 heteroatoms. The lowest BCUT2D eigenvalue weighted by Crippen LogP contribution is -2.06. The number of rotatable bonds is 4. The number of imidazole rings is 1. The van der Waals surface area contributed by atoms with Crippen LogP contribution in [0.3, 0.4) is 0 Å². The molecule has 0 spiro atoms. The van der Waals surface area contributed by atoms with Crippen molar-refractivity contribution in [3.05, 3.63) is 71.8 Å². The molecule has 0 unspecified atom stereocenters. The molecule has 2 heterocycles. The lowest BCUT2D eigenvalue weighted by molar-refractivity contribution is -0.0535. The summed E-state index contributed by atoms with van der Waals surface area (Å²) >= 11 is 0. The fourth-order valence-corrected chi connectivity index (χ4v) is 3.92. The van der Waals surface area contributed by atoms with Crippen LogP contribution in [0.2, 0.25) is 0 Å². The van der Waals surface area contributed by atoms with Crippen molar-refractivity contribution >= 4 is 5.65 Å². The summed E-state index contributed by atoms with van der Waals surface area (Å²) in [5.74, 6) is -0.159. The molecule has 2 aromatic heterocycles. The monoisotopic (exact) mass is 392 g/mol. The SMILES string of the molecule is N[C@H]1CCc2cc(-c3nc4ccc(OC(F)F)nn4c3-c3ccccc3)ccc21. The Kier molecular flexibility index (Phi) is 4.24. The van der Waals surface area contributed by atoms with Gasteiger partial charge < -0.3 is 10.5 Å². The summed E-state index contributed by atoms with van der Waals surface area (Å²) in [5.41, 5.74) is 12.4. The van der Waals surface area contributed by atoms with Crippen LogP contribution in [0.15, 0.2) is 60.7 Å². The first-order valence-electron chi connectivity index (χ1n) is 9.39. The Morgan fingerprint density at radius 2 is 1.86 bits per heavy atom. The van der Waals surface area contributed by atoms with E-state index in [4.69, 9.17) is 10.7 Å². The molecule has 1 atom stereocenters. The molecule has 0 aliphatic heterocycles. The van der Waals surface area contributed by atoms with Gasteiger partial charge in [-0.2, -0.15) is 8.78 Å². The summed E-state index contributed by atoms with van der Waals surface area (Å²) in [6, 6.07) is 18.9. The van der Waals surface area contributed by atoms with Crippen molar-refractivity contribution in [2.75, 3.05) is 0 Å². The number of nitrogens with zero attached hydrogens (tertiary/aromatic N) is 3. The highest BCUT2D eigenvalue weighted by molar-refractivity contribution is 5.82. The quantitative estimate of drug-likeness (QED) is 0.551. The van der Waals surface area contributed by atoms with E-state index in [2.05, 4.69) is 22.0 Å². The van der Waals surface area contributed by atoms with Gasteiger partial charge in [-0.05, 0) is 36.1 Å². The van der Waals surface area contributed by atoms with E-state index in [0.717, 1.165) is 35.4 Å². The fourth-order valence-electron chi connectivity index (χ4n) is 3.92. The maximum atomic E-state index is 12.7. The van der Waals surface area contributed by atoms with Crippen molar-refractivity contribution in [2.45, 2.75) is 25.5 Å². The van der Waals surface area contributed by atoms with Gasteiger partial charge in [0, 0.05) is 23.2 Å². The third kappa shape index (κ3) is 3.13. The van der Waals surface area contributed by atoms with Crippen molar-refractivity contribution in [3.8, 4) is 28.4 Å². The van der Waals surface area contributed by atoms with E-state index < -0.39 is 6.61 Å². The lowest BCUT2D eigenvalue weighted by atomic mass is 10.0. The minimum Gasteiger partial charge on any atom is -0.415 e. The van der Waals surface area contributed by atoms with Crippen molar-refractivity contribution in [2.24, 2.45) is 5.73 Å². The minimum absolute atomic E-state index is 0.0735. The van der Waals surface area contributed by atoms with Crippen LogP contribution < -0.4 is 10.5 Å². The molecule has 146 valence electrons. The summed E-state index contributed by atoms with van der Waals surface area (Å²) in [4.78, 5) is 4.75. The Labute approximate surface area is 165 Å². The molecule has 0 bridgehead atoms. The van der Waals surface area contributed by atoms with E-state index in [1.807, 2.05) is 36.4 Å². The number of nitrogens with two attached hydrogens (primary N) is 1. The highest BCUT2D eigenvalue weighted by atomic mass is 19.3. The molecule has 29 heavy (non-hydrogen) atoms. The van der Waals surface area contributed by atoms with Gasteiger partial charge in [0.2, 0.25) is 5.88 Å². The first-order chi connectivity index (χ1) is 14.1. The third-order valence-electron chi connectivity index (χ3n) is 5.25. The maximum Gasteiger partial charge on any atom is 0.388 e. The molecule has 0 amide bonds. The zero-order valence-electron chi connectivity index (χ0n) is 15.4. The number of benzene rings is 2. The van der Waals surface area contributed by atoms with E-state index >= 15 is 0 Å². The molecule has 2 aromatic carbocycles. The molecule has 0 radical (unpaired) electrons. The third-order valence-corrected chi connectivity index (χ3v) is 5.25. The van der Waals surface area contributed by atoms with Gasteiger partial charge in [0.05, 0.1) is 5.69 Å². The van der Waals surface area contributed by atoms with Crippen LogP contribution in [-0.2, 0) is 6.42 Å². The average Bonchev–Trinajstić information content (AvgIpc) is 3.28. The van der Waals surface area contributed by atoms with Crippen LogP contribution in [0.25, 0.3) is 28.2 Å². The van der Waals surface area contributed by atoms with E-state index in [-0.39, 0.29) is 11.9 Å². The zero-order valence-corrected chi connectivity index (χ0v) is 15.4. The molecule has 4 aromatic rings. The Bertz CT molecular complexity index is 1190. The minimum atomic E-state index is -2.94. The van der Waals surface area contributed by atoms with Crippen molar-refractivity contribution < 1.29 is 13.5 Å². The van der Waals surface area contributed by atoms with Crippen LogP contribution in [0.5, 0.6) is 5.88 Å². The largest absolute Gasteiger partial charge is 0.415 e. The number of alkyl halides is 2. The van der Waals surface area contributed by atoms with Gasteiger partial charge in [0.25, 0.3) is 0 Å². The predicted molar refractivity (Wildman–Crippen MR) is 106 cm³/mol. The lowest BCUT2D eigenvalue weighted by Gasteiger charge is -2.09. The number of fused-ring (bicyclic) bond motifs is 2. The van der Waals surface area contributed by atoms with E-state index in [9.17, 15) is 8.78 Å². The Balaban J connectivity index is 1.73. The van der Waals surface area contributed by atoms with E-state index in [1.165, 1.54) is 17.2 Å². The highest BCUT2D eigenvalue weighted by Crippen LogP contribution is 2.37. The molecule has 0 fully saturated rings. The van der Waals surface area contributed by atoms with Gasteiger partial charge in [0.1, 0.15) is 5.69 Å². The summed E-state index contributed by atoms with van der Waals surface area (Å²) in [6.07, 6.45) is 1.87. The second kappa shape index (κ2) is 6.93. The van der Waals surface area contributed by atoms with Gasteiger partial charge in [-0.15, -0.1) is 5.10 Å². The number of halogens is 2. The van der Waals surface area contributed by atoms with Crippen LogP contribution in [0.4, 0.5) is 8.78 Å². The molecule has 2 N–H and O–H groups in total. The molecule has 5 nitrogen and oxygen atoms in total. The molecule has 0 saturated heterocycles. The first kappa shape index (κ1) is 17.8. The van der Waals surface area contributed by atoms with Gasteiger partial charge in [-0.3, -0.25) is 0 Å². The molecule has 5 rings (SSSR count). The van der Waals surface area contributed by atoms with Gasteiger partial charge in [-0.1, -0.05) is 42.5 Å². The highest BCUT2D eigenvalue weighted by Gasteiger charge is 2.22. The summed E-state index contributed by atoms with van der Waals surface area (Å²) in [5, 5.41) is 4.25. The topological polar surface area (TPSA) is 65.4 Å². The molecule has 1 aliphatic carbocycles. The number of hydrogen-bond acceptors (Lipinski definition) is 4. The molecular weight excluding hydrogens is 374 g/mol. The predicted octanol–water partition coefficient (Wildman–Crippen LogP) is 4.61. The van der Waals surface area contributed by atoms with Gasteiger partial charge >= 0.3 is 6.61 Å². The van der Waals surface area contributed by atoms with Crippen LogP contribution in [0.1, 0.15) is 23.6 Å². The second-order valence-corrected chi connectivity index (χ2v) is 7.05. The Hall–Kier alpha value is -3.32. The first-order valence-corrected chi connectivity index (χ1v) is 9.39. The second-order valence-electron chi connectivity index (χ2n) is 7.05. The summed E-state index contributed by atoms with van der Waals surface area (Å²) < 4.78 is 31.4. The van der Waals surface area contributed by atoms with Crippen LogP contribution >= 0.6 is 0 Å². The number of aromatic nitrogens is 3. The Morgan fingerprint density at radius 3 is 2.66 bits per heavy atom. The Morgan fingerprint density at radius 1 is 1.03 bits per heavy atom. The van der Waals surface area contributed by atoms with Crippen LogP contribution in [0, 0.1) is 0 Å². The van der Waals surface area contributed by atoms with Gasteiger partial charge in [0.15, 0.2) is 5.65 Å². The normalized spacial score (nSPS) is 15.8. The molecule has 1 aliphatic rings. The van der Waals surface area contributed by atoms with Crippen molar-refractivity contribution in [1.82, 2.24) is 14.6 Å². The fraction of sp³-hybridized carbons (Fsp3) is 0.182. The van der Waals surface area contributed by atoms with E-state index in [1.54, 1.807) is 10.6 Å². The van der Waals surface area contributed by atoms with Crippen LogP contribution in [-0.4, -0.2) is 21.2 Å². The van der Waals surface area contributed by atoms with Crippen molar-refractivity contribution in [3.63, 3.8) is 0 Å². The van der Waals surface area contributed by atoms with Gasteiger partial charge in [-0.25, -0.2) is 9.50 Å². The smallest absolute Gasteiger partial charge is 0.388 e. The standard InChI is InChI=1S/C22H18F2N4O/c23-22(24)29-19-11-10-18-26-20(15-6-8-16-14(12-15)7-9-17(16)25)21(28(18)27-19)13-4-2-1-3-5-13/h1-6,8,10-12,17,22H,7,9,25H2/t17-/m0/s1. The zero-order chi connectivity index (χ0) is 20.0. The molecule has 0 saturated carbocycles. The average molecular weight is 392 g/mol. The number of aryl methyl sites for hydroxylation is 1. The van der Waals surface area contributed by atoms with Crippen molar-refractivity contribution in [1.29, 1.82) is 0 Å². The molecular formula is C22H18F2N4O. The van der Waals surface area contributed by atoms with E-state index in [0.29, 0.717) is 5.65 Å².